The lowest BCUT2D eigenvalue weighted by molar-refractivity contribution is -0.384. The minimum atomic E-state index is -0.447. The van der Waals surface area contributed by atoms with Crippen molar-refractivity contribution in [3.8, 4) is 6.07 Å². The van der Waals surface area contributed by atoms with E-state index in [9.17, 15) is 10.1 Å². The quantitative estimate of drug-likeness (QED) is 0.0588. The topological polar surface area (TPSA) is 91.0 Å². The van der Waals surface area contributed by atoms with Gasteiger partial charge in [0.2, 0.25) is 0 Å². The predicted octanol–water partition coefficient (Wildman–Crippen LogP) is 9.13. The third-order valence-electron chi connectivity index (χ3n) is 6.77. The number of hydrogen-bond donors (Lipinski definition) is 2. The van der Waals surface area contributed by atoms with Gasteiger partial charge in [-0.05, 0) is 32.4 Å². The van der Waals surface area contributed by atoms with Crippen LogP contribution in [0.4, 0.5) is 11.4 Å². The zero-order valence-corrected chi connectivity index (χ0v) is 25.4. The Morgan fingerprint density at radius 3 is 1.83 bits per heavy atom. The summed E-state index contributed by atoms with van der Waals surface area (Å²) in [6.07, 6.45) is 21.8. The first-order chi connectivity index (χ1) is 16.9. The van der Waals surface area contributed by atoms with Crippen LogP contribution in [-0.2, 0) is 0 Å². The van der Waals surface area contributed by atoms with Gasteiger partial charge in [0.25, 0.3) is 5.69 Å². The van der Waals surface area contributed by atoms with E-state index < -0.39 is 4.92 Å². The van der Waals surface area contributed by atoms with E-state index in [2.05, 4.69) is 31.4 Å². The number of nitrogens with one attached hydrogen (secondary N) is 2. The van der Waals surface area contributed by atoms with E-state index >= 15 is 0 Å². The van der Waals surface area contributed by atoms with E-state index in [4.69, 9.17) is 5.26 Å². The Morgan fingerprint density at radius 1 is 0.861 bits per heavy atom. The molecule has 0 aliphatic rings. The molecule has 2 N–H and O–H groups in total. The summed E-state index contributed by atoms with van der Waals surface area (Å²) in [5.41, 5.74) is 0.747. The van der Waals surface area contributed by atoms with Crippen molar-refractivity contribution >= 4 is 35.4 Å². The molecule has 206 valence electrons. The van der Waals surface area contributed by atoms with Crippen LogP contribution < -0.4 is 10.6 Å². The molecule has 0 spiro atoms. The lowest BCUT2D eigenvalue weighted by Gasteiger charge is -2.26. The summed E-state index contributed by atoms with van der Waals surface area (Å²) in [4.78, 5) is 10.8. The molecule has 0 atom stereocenters. The van der Waals surface area contributed by atoms with Crippen LogP contribution in [0.3, 0.4) is 0 Å². The van der Waals surface area contributed by atoms with Crippen LogP contribution >= 0.6 is 24.0 Å². The molecule has 0 heterocycles. The molecule has 0 amide bonds. The van der Waals surface area contributed by atoms with Gasteiger partial charge in [-0.2, -0.15) is 5.26 Å². The second-order valence-corrected chi connectivity index (χ2v) is 10.5. The number of benzene rings is 1. The second kappa shape index (κ2) is 21.7. The number of hydrogen-bond acceptors (Lipinski definition) is 5. The fraction of sp³-hybridized carbons (Fsp3) is 0.759. The Morgan fingerprint density at radius 2 is 1.36 bits per heavy atom. The molecular weight excluding hydrogens is 563 g/mol. The summed E-state index contributed by atoms with van der Waals surface area (Å²) in [7, 11) is 0. The smallest absolute Gasteiger partial charge is 0.293 e. The normalized spacial score (nSPS) is 11.1. The third-order valence-corrected chi connectivity index (χ3v) is 6.77. The maximum absolute atomic E-state index is 11.2. The van der Waals surface area contributed by atoms with Crippen LogP contribution in [0.15, 0.2) is 18.2 Å². The standard InChI is InChI=1S/C29H50N4O2.HI/c1-4-5-6-7-8-9-10-11-12-13-14-15-16-17-18-21-29(2,3)32-23-22-31-27-20-19-26(25-30)24-28(27)33(34)35;/h19-20,24,31-32H,4-18,21-23H2,1-3H3;1H. The zero-order valence-electron chi connectivity index (χ0n) is 23.1. The van der Waals surface area contributed by atoms with Crippen molar-refractivity contribution in [1.29, 1.82) is 5.26 Å². The van der Waals surface area contributed by atoms with Crippen LogP contribution in [0.2, 0.25) is 0 Å². The molecule has 1 aromatic rings. The lowest BCUT2D eigenvalue weighted by atomic mass is 9.96. The Bertz CT molecular complexity index is 749. The largest absolute Gasteiger partial charge is 0.378 e. The summed E-state index contributed by atoms with van der Waals surface area (Å²) < 4.78 is 0. The summed E-state index contributed by atoms with van der Waals surface area (Å²) >= 11 is 0. The van der Waals surface area contributed by atoms with Crippen molar-refractivity contribution in [2.75, 3.05) is 18.4 Å². The number of anilines is 1. The van der Waals surface area contributed by atoms with Gasteiger partial charge in [0.05, 0.1) is 16.6 Å². The first-order valence-electron chi connectivity index (χ1n) is 14.1. The summed E-state index contributed by atoms with van der Waals surface area (Å²) in [5.74, 6) is 0. The van der Waals surface area contributed by atoms with Gasteiger partial charge >= 0.3 is 0 Å². The molecule has 1 aromatic carbocycles. The van der Waals surface area contributed by atoms with E-state index in [0.717, 1.165) is 13.0 Å². The van der Waals surface area contributed by atoms with E-state index in [0.29, 0.717) is 17.8 Å². The van der Waals surface area contributed by atoms with Gasteiger partial charge in [-0.1, -0.05) is 103 Å². The van der Waals surface area contributed by atoms with Crippen LogP contribution in [-0.4, -0.2) is 23.6 Å². The molecule has 1 rings (SSSR count). The number of nitro groups is 1. The summed E-state index contributed by atoms with van der Waals surface area (Å²) in [5, 5.41) is 26.9. The Kier molecular flexibility index (Phi) is 20.8. The fourth-order valence-corrected chi connectivity index (χ4v) is 4.53. The van der Waals surface area contributed by atoms with Crippen molar-refractivity contribution in [2.24, 2.45) is 0 Å². The number of halogens is 1. The highest BCUT2D eigenvalue weighted by molar-refractivity contribution is 14.0. The molecule has 0 fully saturated rings. The van der Waals surface area contributed by atoms with Crippen molar-refractivity contribution in [2.45, 2.75) is 129 Å². The monoisotopic (exact) mass is 614 g/mol. The Hall–Kier alpha value is -1.40. The molecule has 0 aromatic heterocycles. The zero-order chi connectivity index (χ0) is 25.8. The molecule has 7 heteroatoms. The van der Waals surface area contributed by atoms with Gasteiger partial charge in [-0.15, -0.1) is 24.0 Å². The highest BCUT2D eigenvalue weighted by Gasteiger charge is 2.17. The third kappa shape index (κ3) is 17.1. The number of nitro benzene ring substituents is 1. The van der Waals surface area contributed by atoms with Crippen LogP contribution in [0.1, 0.15) is 129 Å². The minimum absolute atomic E-state index is 0. The predicted molar refractivity (Wildman–Crippen MR) is 163 cm³/mol. The average molecular weight is 615 g/mol. The van der Waals surface area contributed by atoms with Crippen LogP contribution in [0.25, 0.3) is 0 Å². The molecule has 0 bridgehead atoms. The van der Waals surface area contributed by atoms with Crippen molar-refractivity contribution < 1.29 is 4.92 Å². The Balaban J connectivity index is 0.0000122. The Labute approximate surface area is 237 Å². The molecule has 0 aliphatic carbocycles. The average Bonchev–Trinajstić information content (AvgIpc) is 2.84. The summed E-state index contributed by atoms with van der Waals surface area (Å²) in [6, 6.07) is 6.47. The summed E-state index contributed by atoms with van der Waals surface area (Å²) in [6.45, 7) is 8.04. The number of rotatable bonds is 22. The van der Waals surface area contributed by atoms with Gasteiger partial charge in [0.1, 0.15) is 5.69 Å². The van der Waals surface area contributed by atoms with E-state index in [-0.39, 0.29) is 35.2 Å². The molecule has 0 aliphatic heterocycles. The van der Waals surface area contributed by atoms with Crippen LogP contribution in [0, 0.1) is 21.4 Å². The van der Waals surface area contributed by atoms with Gasteiger partial charge in [0, 0.05) is 24.7 Å². The van der Waals surface area contributed by atoms with Gasteiger partial charge in [-0.25, -0.2) is 0 Å². The maximum Gasteiger partial charge on any atom is 0.293 e. The maximum atomic E-state index is 11.2. The highest BCUT2D eigenvalue weighted by Crippen LogP contribution is 2.25. The van der Waals surface area contributed by atoms with Crippen molar-refractivity contribution in [3.05, 3.63) is 33.9 Å². The number of nitrogens with zero attached hydrogens (tertiary/aromatic N) is 2. The molecule has 0 saturated heterocycles. The van der Waals surface area contributed by atoms with Gasteiger partial charge < -0.3 is 10.6 Å². The van der Waals surface area contributed by atoms with Crippen molar-refractivity contribution in [3.63, 3.8) is 0 Å². The van der Waals surface area contributed by atoms with Gasteiger partial charge in [-0.3, -0.25) is 10.1 Å². The molecule has 36 heavy (non-hydrogen) atoms. The number of nitriles is 1. The molecule has 0 saturated carbocycles. The molecule has 0 radical (unpaired) electrons. The SMILES string of the molecule is CCCCCCCCCCCCCCCCCC(C)(C)NCCNc1ccc(C#N)cc1[N+](=O)[O-].I. The van der Waals surface area contributed by atoms with Gasteiger partial charge in [0.15, 0.2) is 0 Å². The highest BCUT2D eigenvalue weighted by atomic mass is 127. The fourth-order valence-electron chi connectivity index (χ4n) is 4.53. The van der Waals surface area contributed by atoms with E-state index in [1.807, 2.05) is 6.07 Å². The minimum Gasteiger partial charge on any atom is -0.378 e. The second-order valence-electron chi connectivity index (χ2n) is 10.5. The molecule has 0 unspecified atom stereocenters. The molecule has 6 nitrogen and oxygen atoms in total. The first kappa shape index (κ1) is 34.6. The van der Waals surface area contributed by atoms with Crippen molar-refractivity contribution in [1.82, 2.24) is 5.32 Å². The molecular formula is C29H51IN4O2. The van der Waals surface area contributed by atoms with E-state index in [1.54, 1.807) is 12.1 Å². The lowest BCUT2D eigenvalue weighted by Crippen LogP contribution is -2.41. The van der Waals surface area contributed by atoms with E-state index in [1.165, 1.54) is 102 Å². The first-order valence-corrected chi connectivity index (χ1v) is 14.1. The number of unbranched alkanes of at least 4 members (excludes halogenated alkanes) is 14. The van der Waals surface area contributed by atoms with Crippen LogP contribution in [0.5, 0.6) is 0 Å².